The van der Waals surface area contributed by atoms with E-state index in [4.69, 9.17) is 21.1 Å². The first-order valence-corrected chi connectivity index (χ1v) is 11.9. The van der Waals surface area contributed by atoms with Crippen LogP contribution in [-0.2, 0) is 14.8 Å². The largest absolute Gasteiger partial charge is 0.486 e. The number of anilines is 1. The molecule has 3 rings (SSSR count). The molecule has 0 saturated heterocycles. The molecule has 162 valence electrons. The maximum absolute atomic E-state index is 12.4. The molecule has 0 bridgehead atoms. The molecule has 1 N–H and O–H groups in total. The number of fused-ring (bicyclic) bond motifs is 1. The molecule has 0 radical (unpaired) electrons. The van der Waals surface area contributed by atoms with Crippen LogP contribution in [0, 0.1) is 0 Å². The van der Waals surface area contributed by atoms with Gasteiger partial charge in [-0.05, 0) is 55.3 Å². The highest BCUT2D eigenvalue weighted by Crippen LogP contribution is 2.32. The van der Waals surface area contributed by atoms with E-state index in [2.05, 4.69) is 5.32 Å². The second kappa shape index (κ2) is 9.57. The molecule has 1 atom stereocenters. The molecule has 2 aromatic carbocycles. The molecule has 9 heteroatoms. The summed E-state index contributed by atoms with van der Waals surface area (Å²) in [6.07, 6.45) is 1.73. The summed E-state index contributed by atoms with van der Waals surface area (Å²) in [7, 11) is -3.47. The van der Waals surface area contributed by atoms with E-state index in [9.17, 15) is 13.2 Å². The van der Waals surface area contributed by atoms with Gasteiger partial charge in [-0.25, -0.2) is 8.42 Å². The molecule has 0 aliphatic carbocycles. The molecular weight excluding hydrogens is 428 g/mol. The van der Waals surface area contributed by atoms with Gasteiger partial charge in [0.25, 0.3) is 0 Å². The summed E-state index contributed by atoms with van der Waals surface area (Å²) in [6, 6.07) is 11.9. The van der Waals surface area contributed by atoms with Crippen LogP contribution in [-0.4, -0.2) is 40.3 Å². The van der Waals surface area contributed by atoms with Crippen LogP contribution in [0.4, 0.5) is 5.69 Å². The van der Waals surface area contributed by atoms with Gasteiger partial charge < -0.3 is 14.8 Å². The number of amides is 1. The second-order valence-corrected chi connectivity index (χ2v) is 9.45. The summed E-state index contributed by atoms with van der Waals surface area (Å²) in [5, 5.41) is 3.47. The van der Waals surface area contributed by atoms with Gasteiger partial charge in [0.15, 0.2) is 11.5 Å². The van der Waals surface area contributed by atoms with Crippen LogP contribution in [0.15, 0.2) is 42.5 Å². The van der Waals surface area contributed by atoms with Crippen molar-refractivity contribution in [1.82, 2.24) is 5.32 Å². The van der Waals surface area contributed by atoms with E-state index in [-0.39, 0.29) is 24.9 Å². The lowest BCUT2D eigenvalue weighted by Gasteiger charge is -2.23. The third-order valence-corrected chi connectivity index (χ3v) is 6.17. The molecule has 1 amide bonds. The number of carbonyl (C=O) groups excluding carboxylic acids is 1. The minimum atomic E-state index is -3.47. The fourth-order valence-electron chi connectivity index (χ4n) is 3.20. The molecule has 0 spiro atoms. The van der Waals surface area contributed by atoms with Crippen LogP contribution in [0.1, 0.15) is 31.4 Å². The zero-order chi connectivity index (χ0) is 21.7. The minimum Gasteiger partial charge on any atom is -0.486 e. The number of rotatable bonds is 8. The Morgan fingerprint density at radius 2 is 1.80 bits per heavy atom. The number of hydrogen-bond acceptors (Lipinski definition) is 5. The summed E-state index contributed by atoms with van der Waals surface area (Å²) in [6.45, 7) is 3.12. The van der Waals surface area contributed by atoms with Crippen LogP contribution >= 0.6 is 11.6 Å². The number of nitrogens with one attached hydrogen (secondary N) is 1. The van der Waals surface area contributed by atoms with Gasteiger partial charge in [-0.3, -0.25) is 9.10 Å². The molecule has 30 heavy (non-hydrogen) atoms. The Kier molecular flexibility index (Phi) is 7.10. The van der Waals surface area contributed by atoms with E-state index >= 15 is 0 Å². The van der Waals surface area contributed by atoms with Crippen molar-refractivity contribution in [3.8, 4) is 11.5 Å². The zero-order valence-electron chi connectivity index (χ0n) is 16.9. The number of benzene rings is 2. The van der Waals surface area contributed by atoms with Gasteiger partial charge in [-0.15, -0.1) is 0 Å². The van der Waals surface area contributed by atoms with E-state index in [0.29, 0.717) is 41.8 Å². The predicted octanol–water partition coefficient (Wildman–Crippen LogP) is 3.53. The van der Waals surface area contributed by atoms with E-state index in [1.54, 1.807) is 24.3 Å². The van der Waals surface area contributed by atoms with Crippen molar-refractivity contribution in [3.05, 3.63) is 53.1 Å². The highest BCUT2D eigenvalue weighted by Gasteiger charge is 2.19. The third kappa shape index (κ3) is 5.79. The minimum absolute atomic E-state index is 0.151. The predicted molar refractivity (Wildman–Crippen MR) is 117 cm³/mol. The Balaban J connectivity index is 1.55. The van der Waals surface area contributed by atoms with Crippen molar-refractivity contribution >= 4 is 33.2 Å². The first-order chi connectivity index (χ1) is 14.2. The number of ether oxygens (including phenoxy) is 2. The van der Waals surface area contributed by atoms with E-state index < -0.39 is 10.0 Å². The van der Waals surface area contributed by atoms with Gasteiger partial charge >= 0.3 is 0 Å². The van der Waals surface area contributed by atoms with E-state index in [1.165, 1.54) is 4.31 Å². The van der Waals surface area contributed by atoms with Crippen molar-refractivity contribution in [2.24, 2.45) is 0 Å². The molecule has 0 fully saturated rings. The highest BCUT2D eigenvalue weighted by molar-refractivity contribution is 7.92. The fourth-order valence-corrected chi connectivity index (χ4v) is 4.29. The quantitative estimate of drug-likeness (QED) is 0.662. The van der Waals surface area contributed by atoms with Crippen LogP contribution < -0.4 is 19.1 Å². The number of sulfonamides is 1. The van der Waals surface area contributed by atoms with Crippen molar-refractivity contribution in [3.63, 3.8) is 0 Å². The molecule has 1 unspecified atom stereocenters. The van der Waals surface area contributed by atoms with Crippen molar-refractivity contribution in [1.29, 1.82) is 0 Å². The molecule has 7 nitrogen and oxygen atoms in total. The molecular formula is C21H25ClN2O5S. The molecule has 0 aromatic heterocycles. The Morgan fingerprint density at radius 1 is 1.13 bits per heavy atom. The van der Waals surface area contributed by atoms with Crippen LogP contribution in [0.2, 0.25) is 5.02 Å². The SMILES string of the molecule is CC(NC(=O)CCCN(c1ccc(Cl)cc1)S(C)(=O)=O)c1ccc2c(c1)OCCO2. The molecule has 1 aliphatic heterocycles. The summed E-state index contributed by atoms with van der Waals surface area (Å²) < 4.78 is 36.7. The second-order valence-electron chi connectivity index (χ2n) is 7.11. The number of hydrogen-bond donors (Lipinski definition) is 1. The summed E-state index contributed by atoms with van der Waals surface area (Å²) in [5.74, 6) is 1.22. The Bertz CT molecular complexity index is 995. The van der Waals surface area contributed by atoms with Gasteiger partial charge in [0.05, 0.1) is 18.0 Å². The maximum atomic E-state index is 12.4. The van der Waals surface area contributed by atoms with Crippen molar-refractivity contribution < 1.29 is 22.7 Å². The van der Waals surface area contributed by atoms with Crippen molar-refractivity contribution in [2.75, 3.05) is 30.3 Å². The summed E-state index contributed by atoms with van der Waals surface area (Å²) in [5.41, 5.74) is 1.43. The van der Waals surface area contributed by atoms with Gasteiger partial charge in [0.1, 0.15) is 13.2 Å². The number of halogens is 1. The third-order valence-electron chi connectivity index (χ3n) is 4.72. The number of nitrogens with zero attached hydrogens (tertiary/aromatic N) is 1. The topological polar surface area (TPSA) is 84.9 Å². The lowest BCUT2D eigenvalue weighted by Crippen LogP contribution is -2.32. The monoisotopic (exact) mass is 452 g/mol. The maximum Gasteiger partial charge on any atom is 0.232 e. The highest BCUT2D eigenvalue weighted by atomic mass is 35.5. The van der Waals surface area contributed by atoms with Crippen LogP contribution in [0.5, 0.6) is 11.5 Å². The van der Waals surface area contributed by atoms with Crippen molar-refractivity contribution in [2.45, 2.75) is 25.8 Å². The van der Waals surface area contributed by atoms with E-state index in [1.807, 2.05) is 25.1 Å². The normalized spacial score (nSPS) is 14.1. The first-order valence-electron chi connectivity index (χ1n) is 9.66. The van der Waals surface area contributed by atoms with Gasteiger partial charge in [-0.1, -0.05) is 17.7 Å². The lowest BCUT2D eigenvalue weighted by molar-refractivity contribution is -0.121. The van der Waals surface area contributed by atoms with Crippen LogP contribution in [0.3, 0.4) is 0 Å². The summed E-state index contributed by atoms with van der Waals surface area (Å²) in [4.78, 5) is 12.4. The fraction of sp³-hybridized carbons (Fsp3) is 0.381. The molecule has 0 saturated carbocycles. The Morgan fingerprint density at radius 3 is 2.47 bits per heavy atom. The van der Waals surface area contributed by atoms with Gasteiger partial charge in [0.2, 0.25) is 15.9 Å². The first kappa shape index (κ1) is 22.2. The van der Waals surface area contributed by atoms with Gasteiger partial charge in [-0.2, -0.15) is 0 Å². The smallest absolute Gasteiger partial charge is 0.232 e. The average Bonchev–Trinajstić information content (AvgIpc) is 2.71. The molecule has 2 aromatic rings. The summed E-state index contributed by atoms with van der Waals surface area (Å²) >= 11 is 5.88. The van der Waals surface area contributed by atoms with E-state index in [0.717, 1.165) is 11.8 Å². The molecule has 1 aliphatic rings. The lowest BCUT2D eigenvalue weighted by atomic mass is 10.1. The zero-order valence-corrected chi connectivity index (χ0v) is 18.5. The molecule has 1 heterocycles. The average molecular weight is 453 g/mol. The van der Waals surface area contributed by atoms with Gasteiger partial charge in [0, 0.05) is 18.0 Å². The Hall–Kier alpha value is -2.45. The Labute approximate surface area is 182 Å². The standard InChI is InChI=1S/C21H25ClN2O5S/c1-15(16-5-10-19-20(14-16)29-13-12-28-19)23-21(25)4-3-11-24(30(2,26)27)18-8-6-17(22)7-9-18/h5-10,14-15H,3-4,11-13H2,1-2H3,(H,23,25). The van der Waals surface area contributed by atoms with Crippen LogP contribution in [0.25, 0.3) is 0 Å². The number of carbonyl (C=O) groups is 1.